The molecule has 0 aliphatic rings. The molecular weight excluding hydrogens is 446 g/mol. The predicted octanol–water partition coefficient (Wildman–Crippen LogP) is 6.13. The summed E-state index contributed by atoms with van der Waals surface area (Å²) in [5.41, 5.74) is 3.21. The van der Waals surface area contributed by atoms with Crippen molar-refractivity contribution in [2.45, 2.75) is 11.5 Å². The predicted molar refractivity (Wildman–Crippen MR) is 134 cm³/mol. The van der Waals surface area contributed by atoms with Gasteiger partial charge >= 0.3 is 0 Å². The topological polar surface area (TPSA) is 57.5 Å². The zero-order chi connectivity index (χ0) is 23.5. The maximum absolute atomic E-state index is 13.6. The highest BCUT2D eigenvalue weighted by Gasteiger charge is 2.23. The summed E-state index contributed by atoms with van der Waals surface area (Å²) >= 11 is 0. The maximum atomic E-state index is 13.6. The third-order valence-corrected chi connectivity index (χ3v) is 7.38. The van der Waals surface area contributed by atoms with Gasteiger partial charge in [0.15, 0.2) is 0 Å². The first-order chi connectivity index (χ1) is 16.6. The summed E-state index contributed by atoms with van der Waals surface area (Å²) in [7, 11) is -2.20. The van der Waals surface area contributed by atoms with Crippen LogP contribution >= 0.6 is 0 Å². The van der Waals surface area contributed by atoms with Crippen molar-refractivity contribution in [2.75, 3.05) is 7.11 Å². The Hall–Kier alpha value is -4.03. The molecule has 0 atom stereocenters. The molecule has 0 amide bonds. The molecular formula is C28H23NO4S. The Morgan fingerprint density at radius 1 is 0.765 bits per heavy atom. The van der Waals surface area contributed by atoms with Gasteiger partial charge in [-0.2, -0.15) is 0 Å². The third kappa shape index (κ3) is 4.04. The Labute approximate surface area is 198 Å². The first-order valence-electron chi connectivity index (χ1n) is 10.8. The first-order valence-corrected chi connectivity index (χ1v) is 12.3. The third-order valence-electron chi connectivity index (χ3n) is 5.70. The van der Waals surface area contributed by atoms with Gasteiger partial charge in [-0.25, -0.2) is 12.4 Å². The standard InChI is InChI=1S/C28H23NO4S/c1-32-23-17-15-22(16-18-23)25-19-29(34(30,31)24-11-6-3-7-12-24)26-13-8-14-27(28(25)26)33-20-21-9-4-2-5-10-21/h2-19H,20H2,1H3. The van der Waals surface area contributed by atoms with Crippen molar-refractivity contribution >= 4 is 20.9 Å². The highest BCUT2D eigenvalue weighted by atomic mass is 32.2. The summed E-state index contributed by atoms with van der Waals surface area (Å²) in [6, 6.07) is 31.4. The van der Waals surface area contributed by atoms with E-state index in [9.17, 15) is 8.42 Å². The van der Waals surface area contributed by atoms with Gasteiger partial charge in [0.25, 0.3) is 10.0 Å². The lowest BCUT2D eigenvalue weighted by Crippen LogP contribution is -2.11. The van der Waals surface area contributed by atoms with Crippen LogP contribution in [0.25, 0.3) is 22.0 Å². The summed E-state index contributed by atoms with van der Waals surface area (Å²) in [6.07, 6.45) is 1.67. The Morgan fingerprint density at radius 2 is 1.44 bits per heavy atom. The molecule has 34 heavy (non-hydrogen) atoms. The Morgan fingerprint density at radius 3 is 2.12 bits per heavy atom. The summed E-state index contributed by atoms with van der Waals surface area (Å²) in [5.74, 6) is 1.35. The van der Waals surface area contributed by atoms with Crippen LogP contribution in [0.1, 0.15) is 5.56 Å². The number of hydrogen-bond donors (Lipinski definition) is 0. The molecule has 6 heteroatoms. The Bertz CT molecular complexity index is 1520. The van der Waals surface area contributed by atoms with Crippen molar-refractivity contribution in [2.24, 2.45) is 0 Å². The van der Waals surface area contributed by atoms with E-state index in [1.54, 1.807) is 49.7 Å². The highest BCUT2D eigenvalue weighted by molar-refractivity contribution is 7.90. The Balaban J connectivity index is 1.69. The fraction of sp³-hybridized carbons (Fsp3) is 0.0714. The lowest BCUT2D eigenvalue weighted by Gasteiger charge is -2.11. The van der Waals surface area contributed by atoms with Crippen molar-refractivity contribution in [1.29, 1.82) is 0 Å². The molecule has 5 rings (SSSR count). The van der Waals surface area contributed by atoms with Crippen LogP contribution in [0.15, 0.2) is 114 Å². The minimum atomic E-state index is -3.81. The van der Waals surface area contributed by atoms with Crippen molar-refractivity contribution in [1.82, 2.24) is 3.97 Å². The zero-order valence-corrected chi connectivity index (χ0v) is 19.4. The lowest BCUT2D eigenvalue weighted by atomic mass is 10.0. The molecule has 0 radical (unpaired) electrons. The van der Waals surface area contributed by atoms with Gasteiger partial charge in [-0.1, -0.05) is 66.7 Å². The van der Waals surface area contributed by atoms with Crippen LogP contribution in [0.3, 0.4) is 0 Å². The van der Waals surface area contributed by atoms with E-state index >= 15 is 0 Å². The lowest BCUT2D eigenvalue weighted by molar-refractivity contribution is 0.310. The molecule has 170 valence electrons. The van der Waals surface area contributed by atoms with Gasteiger partial charge < -0.3 is 9.47 Å². The average Bonchev–Trinajstić information content (AvgIpc) is 3.30. The fourth-order valence-electron chi connectivity index (χ4n) is 3.98. The minimum absolute atomic E-state index is 0.226. The Kier molecular flexibility index (Phi) is 5.82. The summed E-state index contributed by atoms with van der Waals surface area (Å²) in [6.45, 7) is 0.374. The zero-order valence-electron chi connectivity index (χ0n) is 18.6. The number of methoxy groups -OCH3 is 1. The van der Waals surface area contributed by atoms with Crippen LogP contribution in [0.5, 0.6) is 11.5 Å². The van der Waals surface area contributed by atoms with Crippen LogP contribution in [-0.2, 0) is 16.6 Å². The molecule has 5 aromatic rings. The molecule has 0 saturated heterocycles. The van der Waals surface area contributed by atoms with Crippen molar-refractivity contribution in [3.05, 3.63) is 115 Å². The second-order valence-corrected chi connectivity index (χ2v) is 9.62. The maximum Gasteiger partial charge on any atom is 0.268 e. The smallest absolute Gasteiger partial charge is 0.268 e. The van der Waals surface area contributed by atoms with Crippen LogP contribution < -0.4 is 9.47 Å². The number of benzene rings is 4. The summed E-state index contributed by atoms with van der Waals surface area (Å²) in [4.78, 5) is 0.226. The van der Waals surface area contributed by atoms with Gasteiger partial charge in [-0.05, 0) is 47.5 Å². The van der Waals surface area contributed by atoms with E-state index in [0.717, 1.165) is 27.8 Å². The molecule has 0 spiro atoms. The molecule has 0 N–H and O–H groups in total. The number of rotatable bonds is 7. The molecule has 1 aromatic heterocycles. The van der Waals surface area contributed by atoms with Crippen molar-refractivity contribution in [3.8, 4) is 22.6 Å². The number of ether oxygens (including phenoxy) is 2. The second-order valence-electron chi connectivity index (χ2n) is 7.81. The van der Waals surface area contributed by atoms with E-state index < -0.39 is 10.0 Å². The first kappa shape index (κ1) is 21.8. The quantitative estimate of drug-likeness (QED) is 0.288. The fourth-order valence-corrected chi connectivity index (χ4v) is 5.36. The van der Waals surface area contributed by atoms with Crippen LogP contribution in [0, 0.1) is 0 Å². The van der Waals surface area contributed by atoms with Gasteiger partial charge in [0.05, 0.1) is 22.9 Å². The highest BCUT2D eigenvalue weighted by Crippen LogP contribution is 2.39. The largest absolute Gasteiger partial charge is 0.497 e. The van der Waals surface area contributed by atoms with E-state index in [1.807, 2.05) is 66.7 Å². The average molecular weight is 470 g/mol. The van der Waals surface area contributed by atoms with E-state index in [0.29, 0.717) is 17.9 Å². The SMILES string of the molecule is COc1ccc(-c2cn(S(=O)(=O)c3ccccc3)c3cccc(OCc4ccccc4)c23)cc1. The van der Waals surface area contributed by atoms with Gasteiger partial charge in [-0.15, -0.1) is 0 Å². The molecule has 0 bridgehead atoms. The van der Waals surface area contributed by atoms with E-state index in [2.05, 4.69) is 0 Å². The molecule has 4 aromatic carbocycles. The number of fused-ring (bicyclic) bond motifs is 1. The molecule has 0 fully saturated rings. The van der Waals surface area contributed by atoms with E-state index in [-0.39, 0.29) is 4.90 Å². The van der Waals surface area contributed by atoms with Crippen LogP contribution in [0.2, 0.25) is 0 Å². The molecule has 0 aliphatic heterocycles. The number of aromatic nitrogens is 1. The van der Waals surface area contributed by atoms with Crippen molar-refractivity contribution < 1.29 is 17.9 Å². The summed E-state index contributed by atoms with van der Waals surface area (Å²) < 4.78 is 40.0. The normalized spacial score (nSPS) is 11.4. The monoisotopic (exact) mass is 469 g/mol. The van der Waals surface area contributed by atoms with Gasteiger partial charge in [0.1, 0.15) is 18.1 Å². The number of nitrogens with zero attached hydrogens (tertiary/aromatic N) is 1. The molecule has 5 nitrogen and oxygen atoms in total. The molecule has 0 unspecified atom stereocenters. The van der Waals surface area contributed by atoms with Crippen LogP contribution in [0.4, 0.5) is 0 Å². The van der Waals surface area contributed by atoms with Gasteiger partial charge in [0, 0.05) is 11.8 Å². The van der Waals surface area contributed by atoms with Crippen LogP contribution in [-0.4, -0.2) is 19.5 Å². The second kappa shape index (κ2) is 9.08. The van der Waals surface area contributed by atoms with E-state index in [4.69, 9.17) is 9.47 Å². The molecule has 0 saturated carbocycles. The van der Waals surface area contributed by atoms with Gasteiger partial charge in [-0.3, -0.25) is 0 Å². The summed E-state index contributed by atoms with van der Waals surface area (Å²) in [5, 5.41) is 0.739. The van der Waals surface area contributed by atoms with Crippen molar-refractivity contribution in [3.63, 3.8) is 0 Å². The minimum Gasteiger partial charge on any atom is -0.497 e. The molecule has 0 aliphatic carbocycles. The number of hydrogen-bond acceptors (Lipinski definition) is 4. The van der Waals surface area contributed by atoms with Gasteiger partial charge in [0.2, 0.25) is 0 Å². The van der Waals surface area contributed by atoms with E-state index in [1.165, 1.54) is 3.97 Å². The molecule has 1 heterocycles.